The van der Waals surface area contributed by atoms with E-state index in [1.165, 1.54) is 16.7 Å². The van der Waals surface area contributed by atoms with Crippen LogP contribution in [-0.4, -0.2) is 0 Å². The normalized spacial score (nSPS) is 11.6. The van der Waals surface area contributed by atoms with Gasteiger partial charge in [0.05, 0.1) is 0 Å². The Morgan fingerprint density at radius 1 is 0.433 bits per heavy atom. The largest absolute Gasteiger partial charge is 0.0622 e. The lowest BCUT2D eigenvalue weighted by Gasteiger charge is -2.04. The summed E-state index contributed by atoms with van der Waals surface area (Å²) in [5, 5.41) is 0. The zero-order valence-electron chi connectivity index (χ0n) is 16.8. The molecule has 0 nitrogen and oxygen atoms in total. The average Bonchev–Trinajstić information content (AvgIpc) is 2.82. The van der Waals surface area contributed by atoms with Crippen LogP contribution >= 0.6 is 0 Å². The van der Waals surface area contributed by atoms with Crippen molar-refractivity contribution >= 4 is 36.5 Å². The molecule has 0 saturated carbocycles. The number of benzene rings is 4. The SMILES string of the molecule is [c]1cc(/C=C/c2ccccc2)c(/C=C/c2ccccc2)cc1/C=C/c1ccccc1. The number of hydrogen-bond acceptors (Lipinski definition) is 0. The predicted molar refractivity (Wildman–Crippen MR) is 131 cm³/mol. The highest BCUT2D eigenvalue weighted by molar-refractivity contribution is 5.81. The van der Waals surface area contributed by atoms with Crippen molar-refractivity contribution in [2.45, 2.75) is 0 Å². The van der Waals surface area contributed by atoms with Crippen LogP contribution in [0.3, 0.4) is 0 Å². The van der Waals surface area contributed by atoms with E-state index in [9.17, 15) is 0 Å². The Morgan fingerprint density at radius 2 is 0.867 bits per heavy atom. The fraction of sp³-hybridized carbons (Fsp3) is 0. The summed E-state index contributed by atoms with van der Waals surface area (Å²) in [7, 11) is 0. The summed E-state index contributed by atoms with van der Waals surface area (Å²) in [6.07, 6.45) is 12.9. The van der Waals surface area contributed by atoms with E-state index in [0.717, 1.165) is 16.7 Å². The molecule has 0 aliphatic heterocycles. The first kappa shape index (κ1) is 19.4. The van der Waals surface area contributed by atoms with Gasteiger partial charge in [-0.1, -0.05) is 127 Å². The Balaban J connectivity index is 1.65. The van der Waals surface area contributed by atoms with Crippen LogP contribution in [0.4, 0.5) is 0 Å². The molecule has 0 heterocycles. The summed E-state index contributed by atoms with van der Waals surface area (Å²) in [6.45, 7) is 0. The van der Waals surface area contributed by atoms with Crippen molar-refractivity contribution in [2.24, 2.45) is 0 Å². The Morgan fingerprint density at radius 3 is 1.37 bits per heavy atom. The van der Waals surface area contributed by atoms with Crippen molar-refractivity contribution in [2.75, 3.05) is 0 Å². The van der Waals surface area contributed by atoms with Crippen LogP contribution in [-0.2, 0) is 0 Å². The molecule has 4 aromatic carbocycles. The van der Waals surface area contributed by atoms with Gasteiger partial charge in [0.15, 0.2) is 0 Å². The molecular formula is C30H23. The molecule has 143 valence electrons. The minimum absolute atomic E-state index is 1.06. The highest BCUT2D eigenvalue weighted by Gasteiger charge is 1.99. The second-order valence-electron chi connectivity index (χ2n) is 7.03. The van der Waals surface area contributed by atoms with Gasteiger partial charge >= 0.3 is 0 Å². The lowest BCUT2D eigenvalue weighted by atomic mass is 10.0. The molecule has 0 aliphatic carbocycles. The van der Waals surface area contributed by atoms with Gasteiger partial charge in [-0.3, -0.25) is 0 Å². The van der Waals surface area contributed by atoms with Crippen LogP contribution in [0.2, 0.25) is 0 Å². The summed E-state index contributed by atoms with van der Waals surface area (Å²) >= 11 is 0. The number of hydrogen-bond donors (Lipinski definition) is 0. The Labute approximate surface area is 179 Å². The maximum Gasteiger partial charge on any atom is -0.00988 e. The summed E-state index contributed by atoms with van der Waals surface area (Å²) in [5.41, 5.74) is 6.91. The van der Waals surface area contributed by atoms with Crippen molar-refractivity contribution in [1.29, 1.82) is 0 Å². The molecule has 0 aromatic heterocycles. The molecule has 30 heavy (non-hydrogen) atoms. The van der Waals surface area contributed by atoms with Crippen LogP contribution < -0.4 is 0 Å². The van der Waals surface area contributed by atoms with Gasteiger partial charge in [-0.2, -0.15) is 0 Å². The molecule has 0 heteroatoms. The fourth-order valence-corrected chi connectivity index (χ4v) is 3.17. The second-order valence-corrected chi connectivity index (χ2v) is 7.03. The van der Waals surface area contributed by atoms with Gasteiger partial charge in [0.2, 0.25) is 0 Å². The van der Waals surface area contributed by atoms with E-state index >= 15 is 0 Å². The topological polar surface area (TPSA) is 0 Å². The van der Waals surface area contributed by atoms with Crippen LogP contribution in [0.5, 0.6) is 0 Å². The molecule has 0 fully saturated rings. The molecule has 0 bridgehead atoms. The molecule has 1 radical (unpaired) electrons. The summed E-state index contributed by atoms with van der Waals surface area (Å²) in [6, 6.07) is 38.7. The smallest absolute Gasteiger partial charge is 0.00988 e. The van der Waals surface area contributed by atoms with E-state index in [-0.39, 0.29) is 0 Å². The lowest BCUT2D eigenvalue weighted by Crippen LogP contribution is -1.84. The monoisotopic (exact) mass is 383 g/mol. The first-order chi connectivity index (χ1) is 14.9. The third-order valence-corrected chi connectivity index (χ3v) is 4.80. The van der Waals surface area contributed by atoms with Crippen molar-refractivity contribution in [1.82, 2.24) is 0 Å². The zero-order chi connectivity index (χ0) is 20.4. The van der Waals surface area contributed by atoms with Gasteiger partial charge in [-0.25, -0.2) is 0 Å². The molecule has 0 saturated heterocycles. The molecule has 4 aromatic rings. The first-order valence-electron chi connectivity index (χ1n) is 10.1. The Kier molecular flexibility index (Phi) is 6.50. The maximum absolute atomic E-state index is 3.41. The summed E-state index contributed by atoms with van der Waals surface area (Å²) in [4.78, 5) is 0. The van der Waals surface area contributed by atoms with Crippen LogP contribution in [0.15, 0.2) is 103 Å². The van der Waals surface area contributed by atoms with Crippen LogP contribution in [0.1, 0.15) is 33.4 Å². The lowest BCUT2D eigenvalue weighted by molar-refractivity contribution is 1.57. The van der Waals surface area contributed by atoms with Crippen molar-refractivity contribution in [3.8, 4) is 0 Å². The summed E-state index contributed by atoms with van der Waals surface area (Å²) < 4.78 is 0. The van der Waals surface area contributed by atoms with Gasteiger partial charge in [0.25, 0.3) is 0 Å². The molecule has 0 N–H and O–H groups in total. The van der Waals surface area contributed by atoms with Crippen molar-refractivity contribution < 1.29 is 0 Å². The maximum atomic E-state index is 3.41. The van der Waals surface area contributed by atoms with E-state index < -0.39 is 0 Å². The number of rotatable bonds is 6. The highest BCUT2D eigenvalue weighted by atomic mass is 14.0. The summed E-state index contributed by atoms with van der Waals surface area (Å²) in [5.74, 6) is 0. The van der Waals surface area contributed by atoms with Gasteiger partial charge < -0.3 is 0 Å². The van der Waals surface area contributed by atoms with Gasteiger partial charge in [-0.05, 0) is 51.6 Å². The predicted octanol–water partition coefficient (Wildman–Crippen LogP) is 8.00. The van der Waals surface area contributed by atoms with Crippen LogP contribution in [0.25, 0.3) is 36.5 Å². The third kappa shape index (κ3) is 5.56. The van der Waals surface area contributed by atoms with Gasteiger partial charge in [0, 0.05) is 0 Å². The third-order valence-electron chi connectivity index (χ3n) is 4.80. The molecule has 0 unspecified atom stereocenters. The van der Waals surface area contributed by atoms with Crippen LogP contribution in [0, 0.1) is 6.07 Å². The molecule has 0 spiro atoms. The Hall–Kier alpha value is -3.90. The van der Waals surface area contributed by atoms with E-state index in [4.69, 9.17) is 0 Å². The molecule has 0 atom stereocenters. The zero-order valence-corrected chi connectivity index (χ0v) is 16.8. The average molecular weight is 384 g/mol. The van der Waals surface area contributed by atoms with E-state index in [1.54, 1.807) is 0 Å². The second kappa shape index (κ2) is 10.0. The van der Waals surface area contributed by atoms with Crippen molar-refractivity contribution in [3.05, 3.63) is 143 Å². The Bertz CT molecular complexity index is 1150. The van der Waals surface area contributed by atoms with E-state index in [1.807, 2.05) is 18.2 Å². The molecule has 0 aliphatic rings. The van der Waals surface area contributed by atoms with E-state index in [0.29, 0.717) is 0 Å². The van der Waals surface area contributed by atoms with Gasteiger partial charge in [0.1, 0.15) is 0 Å². The highest BCUT2D eigenvalue weighted by Crippen LogP contribution is 2.20. The molecule has 0 amide bonds. The minimum atomic E-state index is 1.06. The van der Waals surface area contributed by atoms with E-state index in [2.05, 4.69) is 127 Å². The fourth-order valence-electron chi connectivity index (χ4n) is 3.17. The molecule has 4 rings (SSSR count). The minimum Gasteiger partial charge on any atom is -0.0622 e. The first-order valence-corrected chi connectivity index (χ1v) is 10.1. The standard InChI is InChI=1S/C30H23/c1-4-10-25(11-5-1)16-17-28-20-22-29(21-18-26-12-6-2-7-13-26)30(24-28)23-19-27-14-8-3-9-15-27/h1-19,21-24H/b17-16+,21-18+,23-19+. The van der Waals surface area contributed by atoms with Gasteiger partial charge in [-0.15, -0.1) is 0 Å². The molecular weight excluding hydrogens is 360 g/mol. The van der Waals surface area contributed by atoms with Crippen molar-refractivity contribution in [3.63, 3.8) is 0 Å². The quantitative estimate of drug-likeness (QED) is 0.296.